The van der Waals surface area contributed by atoms with Crippen LogP contribution in [0.2, 0.25) is 0 Å². The Labute approximate surface area is 227 Å². The molecule has 0 atom stereocenters. The molecule has 8 heteroatoms. The predicted octanol–water partition coefficient (Wildman–Crippen LogP) is 4.07. The lowest BCUT2D eigenvalue weighted by atomic mass is 10.1. The summed E-state index contributed by atoms with van der Waals surface area (Å²) in [6.07, 6.45) is 2.10. The number of methoxy groups -OCH3 is 2. The second kappa shape index (κ2) is 13.0. The molecular weight excluding hydrogens is 494 g/mol. The first-order valence-electron chi connectivity index (χ1n) is 13.2. The second-order valence-electron chi connectivity index (χ2n) is 9.57. The number of hydrogen-bond acceptors (Lipinski definition) is 5. The van der Waals surface area contributed by atoms with Crippen molar-refractivity contribution in [1.82, 2.24) is 14.5 Å². The highest BCUT2D eigenvalue weighted by Gasteiger charge is 2.13. The van der Waals surface area contributed by atoms with Crippen LogP contribution in [-0.4, -0.2) is 35.8 Å². The number of para-hydroxylation sites is 1. The van der Waals surface area contributed by atoms with E-state index in [0.29, 0.717) is 61.2 Å². The van der Waals surface area contributed by atoms with Crippen LogP contribution in [0.25, 0.3) is 10.9 Å². The molecule has 1 amide bonds. The Kier molecular flexibility index (Phi) is 9.20. The van der Waals surface area contributed by atoms with Gasteiger partial charge in [-0.2, -0.15) is 0 Å². The standard InChI is InChI=1S/C31H35N3O5/c1-22-11-13-24(14-12-22)21-34-26-9-5-4-8-25(26)30(36)33(31(34)37)19-7-6-10-29(35)32-18-17-23-15-16-27(38-2)28(20-23)39-3/h4-5,8-9,11-16,20H,6-7,10,17-19,21H2,1-3H3,(H,32,35). The van der Waals surface area contributed by atoms with Crippen LogP contribution in [0.5, 0.6) is 11.5 Å². The molecule has 1 aromatic heterocycles. The van der Waals surface area contributed by atoms with E-state index in [1.165, 1.54) is 4.57 Å². The zero-order chi connectivity index (χ0) is 27.8. The highest BCUT2D eigenvalue weighted by atomic mass is 16.5. The van der Waals surface area contributed by atoms with Crippen molar-refractivity contribution in [1.29, 1.82) is 0 Å². The SMILES string of the molecule is COc1ccc(CCNC(=O)CCCCn2c(=O)c3ccccc3n(Cc3ccc(C)cc3)c2=O)cc1OC. The van der Waals surface area contributed by atoms with Crippen molar-refractivity contribution >= 4 is 16.8 Å². The van der Waals surface area contributed by atoms with Crippen LogP contribution < -0.4 is 26.0 Å². The highest BCUT2D eigenvalue weighted by Crippen LogP contribution is 2.27. The van der Waals surface area contributed by atoms with Crippen molar-refractivity contribution in [2.24, 2.45) is 0 Å². The summed E-state index contributed by atoms with van der Waals surface area (Å²) < 4.78 is 13.5. The Hall–Kier alpha value is -4.33. The number of carbonyl (C=O) groups excluding carboxylic acids is 1. The smallest absolute Gasteiger partial charge is 0.331 e. The number of fused-ring (bicyclic) bond motifs is 1. The van der Waals surface area contributed by atoms with Crippen LogP contribution in [0.1, 0.15) is 36.0 Å². The third kappa shape index (κ3) is 6.76. The van der Waals surface area contributed by atoms with E-state index in [9.17, 15) is 14.4 Å². The van der Waals surface area contributed by atoms with Gasteiger partial charge in [-0.1, -0.05) is 48.0 Å². The minimum absolute atomic E-state index is 0.0573. The quantitative estimate of drug-likeness (QED) is 0.280. The molecule has 0 aliphatic carbocycles. The lowest BCUT2D eigenvalue weighted by Crippen LogP contribution is -2.40. The Morgan fingerprint density at radius 2 is 1.56 bits per heavy atom. The fourth-order valence-corrected chi connectivity index (χ4v) is 4.62. The van der Waals surface area contributed by atoms with Gasteiger partial charge in [0.05, 0.1) is 31.7 Å². The van der Waals surface area contributed by atoms with Gasteiger partial charge >= 0.3 is 5.69 Å². The average molecular weight is 530 g/mol. The molecule has 1 heterocycles. The maximum Gasteiger partial charge on any atom is 0.331 e. The van der Waals surface area contributed by atoms with Crippen LogP contribution in [0.4, 0.5) is 0 Å². The molecule has 1 N–H and O–H groups in total. The number of benzene rings is 3. The summed E-state index contributed by atoms with van der Waals surface area (Å²) in [5.41, 5.74) is 3.16. The number of aromatic nitrogens is 2. The van der Waals surface area contributed by atoms with Crippen molar-refractivity contribution in [3.8, 4) is 11.5 Å². The Morgan fingerprint density at radius 1 is 0.846 bits per heavy atom. The number of nitrogens with zero attached hydrogens (tertiary/aromatic N) is 2. The van der Waals surface area contributed by atoms with Crippen molar-refractivity contribution in [2.45, 2.75) is 45.7 Å². The van der Waals surface area contributed by atoms with Gasteiger partial charge in [-0.05, 0) is 61.6 Å². The third-order valence-corrected chi connectivity index (χ3v) is 6.81. The molecule has 4 aromatic rings. The molecular formula is C31H35N3O5. The van der Waals surface area contributed by atoms with Gasteiger partial charge in [0, 0.05) is 19.5 Å². The number of ether oxygens (including phenoxy) is 2. The Morgan fingerprint density at radius 3 is 2.31 bits per heavy atom. The number of nitrogens with one attached hydrogen (secondary N) is 1. The first-order valence-corrected chi connectivity index (χ1v) is 13.2. The maximum atomic E-state index is 13.4. The van der Waals surface area contributed by atoms with Gasteiger partial charge in [-0.15, -0.1) is 0 Å². The van der Waals surface area contributed by atoms with Crippen molar-refractivity contribution < 1.29 is 14.3 Å². The van der Waals surface area contributed by atoms with Gasteiger partial charge in [-0.25, -0.2) is 4.79 Å². The molecule has 0 saturated carbocycles. The lowest BCUT2D eigenvalue weighted by Gasteiger charge is -2.14. The van der Waals surface area contributed by atoms with Crippen LogP contribution in [0.3, 0.4) is 0 Å². The van der Waals surface area contributed by atoms with Gasteiger partial charge in [0.2, 0.25) is 5.91 Å². The number of aryl methyl sites for hydroxylation is 1. The zero-order valence-corrected chi connectivity index (χ0v) is 22.7. The number of hydrogen-bond donors (Lipinski definition) is 1. The summed E-state index contributed by atoms with van der Waals surface area (Å²) in [6, 6.07) is 20.9. The zero-order valence-electron chi connectivity index (χ0n) is 22.7. The summed E-state index contributed by atoms with van der Waals surface area (Å²) in [4.78, 5) is 38.9. The van der Waals surface area contributed by atoms with Gasteiger partial charge < -0.3 is 14.8 Å². The van der Waals surface area contributed by atoms with Crippen LogP contribution in [0, 0.1) is 6.92 Å². The minimum Gasteiger partial charge on any atom is -0.493 e. The molecule has 0 fully saturated rings. The van der Waals surface area contributed by atoms with Gasteiger partial charge in [0.1, 0.15) is 0 Å². The van der Waals surface area contributed by atoms with Crippen LogP contribution >= 0.6 is 0 Å². The third-order valence-electron chi connectivity index (χ3n) is 6.81. The van der Waals surface area contributed by atoms with Gasteiger partial charge in [0.15, 0.2) is 11.5 Å². The van der Waals surface area contributed by atoms with E-state index in [4.69, 9.17) is 9.47 Å². The first kappa shape index (κ1) is 27.7. The van der Waals surface area contributed by atoms with Crippen molar-refractivity contribution in [2.75, 3.05) is 20.8 Å². The number of unbranched alkanes of at least 4 members (excludes halogenated alkanes) is 1. The van der Waals surface area contributed by atoms with Crippen LogP contribution in [-0.2, 0) is 24.3 Å². The molecule has 3 aromatic carbocycles. The molecule has 8 nitrogen and oxygen atoms in total. The van der Waals surface area contributed by atoms with Crippen LogP contribution in [0.15, 0.2) is 76.3 Å². The topological polar surface area (TPSA) is 91.6 Å². The molecule has 0 aliphatic rings. The van der Waals surface area contributed by atoms with E-state index in [-0.39, 0.29) is 23.7 Å². The number of carbonyl (C=O) groups is 1. The summed E-state index contributed by atoms with van der Waals surface area (Å²) >= 11 is 0. The summed E-state index contributed by atoms with van der Waals surface area (Å²) in [5, 5.41) is 3.45. The normalized spacial score (nSPS) is 10.9. The monoisotopic (exact) mass is 529 g/mol. The molecule has 0 saturated heterocycles. The van der Waals surface area contributed by atoms with Crippen molar-refractivity contribution in [3.05, 3.63) is 104 Å². The van der Waals surface area contributed by atoms with E-state index in [2.05, 4.69) is 5.32 Å². The van der Waals surface area contributed by atoms with Gasteiger partial charge in [-0.3, -0.25) is 18.7 Å². The fraction of sp³-hybridized carbons (Fsp3) is 0.323. The summed E-state index contributed by atoms with van der Waals surface area (Å²) in [5.74, 6) is 1.26. The molecule has 39 heavy (non-hydrogen) atoms. The molecule has 0 aliphatic heterocycles. The van der Waals surface area contributed by atoms with E-state index in [1.54, 1.807) is 30.9 Å². The van der Waals surface area contributed by atoms with E-state index < -0.39 is 0 Å². The summed E-state index contributed by atoms with van der Waals surface area (Å²) in [7, 11) is 3.18. The minimum atomic E-state index is -0.335. The number of amides is 1. The maximum absolute atomic E-state index is 13.4. The molecule has 204 valence electrons. The molecule has 4 rings (SSSR count). The van der Waals surface area contributed by atoms with Gasteiger partial charge in [0.25, 0.3) is 5.56 Å². The van der Waals surface area contributed by atoms with E-state index in [1.807, 2.05) is 61.5 Å². The molecule has 0 radical (unpaired) electrons. The van der Waals surface area contributed by atoms with E-state index in [0.717, 1.165) is 16.7 Å². The van der Waals surface area contributed by atoms with E-state index >= 15 is 0 Å². The molecule has 0 bridgehead atoms. The summed E-state index contributed by atoms with van der Waals surface area (Å²) in [6.45, 7) is 3.16. The molecule has 0 spiro atoms. The first-order chi connectivity index (χ1) is 18.9. The average Bonchev–Trinajstić information content (AvgIpc) is 2.95. The predicted molar refractivity (Wildman–Crippen MR) is 153 cm³/mol. The Balaban J connectivity index is 1.35. The van der Waals surface area contributed by atoms with Crippen molar-refractivity contribution in [3.63, 3.8) is 0 Å². The lowest BCUT2D eigenvalue weighted by molar-refractivity contribution is -0.121. The fourth-order valence-electron chi connectivity index (χ4n) is 4.62. The second-order valence-corrected chi connectivity index (χ2v) is 9.57. The number of rotatable bonds is 12. The largest absolute Gasteiger partial charge is 0.493 e. The highest BCUT2D eigenvalue weighted by molar-refractivity contribution is 5.78. The molecule has 0 unspecified atom stereocenters. The Bertz CT molecular complexity index is 1550.